The number of nitrogens with one attached hydrogen (secondary N) is 2. The number of benzene rings is 2. The molecular formula is C32H48N6O12. The van der Waals surface area contributed by atoms with Crippen molar-refractivity contribution in [3.63, 3.8) is 0 Å². The highest BCUT2D eigenvalue weighted by Gasteiger charge is 2.20. The van der Waals surface area contributed by atoms with Crippen LogP contribution in [0.2, 0.25) is 0 Å². The second kappa shape index (κ2) is 24.2. The van der Waals surface area contributed by atoms with Crippen LogP contribution in [0.4, 0.5) is 0 Å². The van der Waals surface area contributed by atoms with Crippen molar-refractivity contribution in [2.75, 3.05) is 13.2 Å². The third kappa shape index (κ3) is 18.6. The summed E-state index contributed by atoms with van der Waals surface area (Å²) < 4.78 is 0. The smallest absolute Gasteiger partial charge is 0.323 e. The van der Waals surface area contributed by atoms with Gasteiger partial charge >= 0.3 is 29.8 Å². The number of aliphatic hydroxyl groups is 2. The van der Waals surface area contributed by atoms with Gasteiger partial charge < -0.3 is 69.0 Å². The summed E-state index contributed by atoms with van der Waals surface area (Å²) in [4.78, 5) is 53.7. The fourth-order valence-electron chi connectivity index (χ4n) is 3.76. The SMILES string of the molecule is C[C@@H](O)[C@H](N)C(=O)O.N[C@@H](CO)C(=O)O.N[C@@H](Cc1c[nH]c2ccccc12)C(=O)O.N[C@@H](Cc1ccccc1)C(=O)O.O=C(O)[C@@H]1CCCN1. The Labute approximate surface area is 287 Å². The number of H-pyrrole nitrogens is 1. The Bertz CT molecular complexity index is 1450. The minimum atomic E-state index is -1.18. The van der Waals surface area contributed by atoms with Gasteiger partial charge in [0, 0.05) is 23.5 Å². The molecule has 18 nitrogen and oxygen atoms in total. The molecule has 50 heavy (non-hydrogen) atoms. The van der Waals surface area contributed by atoms with Crippen LogP contribution in [0.5, 0.6) is 0 Å². The molecule has 0 radical (unpaired) electrons. The lowest BCUT2D eigenvalue weighted by atomic mass is 10.1. The van der Waals surface area contributed by atoms with Crippen LogP contribution in [0.1, 0.15) is 30.9 Å². The van der Waals surface area contributed by atoms with Gasteiger partial charge in [0.2, 0.25) is 0 Å². The zero-order chi connectivity index (χ0) is 38.4. The van der Waals surface area contributed by atoms with Gasteiger partial charge in [0.1, 0.15) is 30.2 Å². The topological polar surface area (TPSA) is 359 Å². The number of aromatic amines is 1. The summed E-state index contributed by atoms with van der Waals surface area (Å²) in [7, 11) is 0. The summed E-state index contributed by atoms with van der Waals surface area (Å²) in [6, 6.07) is 12.9. The van der Waals surface area contributed by atoms with Gasteiger partial charge in [-0.15, -0.1) is 0 Å². The Morgan fingerprint density at radius 1 is 0.760 bits per heavy atom. The average Bonchev–Trinajstić information content (AvgIpc) is 3.77. The lowest BCUT2D eigenvalue weighted by Crippen LogP contribution is -2.39. The van der Waals surface area contributed by atoms with Crippen molar-refractivity contribution < 1.29 is 59.7 Å². The molecule has 3 aromatic rings. The second-order valence-electron chi connectivity index (χ2n) is 10.9. The standard InChI is InChI=1S/C11H12N2O2.C9H11NO2.C5H9NO2.C4H9NO3.C3H7NO3/c12-9(11(14)15)5-7-6-13-10-4-2-1-3-8(7)10;10-8(9(11)12)6-7-4-2-1-3-5-7;7-5(8)4-2-1-3-6-4;1-2(6)3(5)4(7)8;4-2(1-5)3(6)7/h1-4,6,9,13H,5,12H2,(H,14,15);1-5,8H,6,10H2,(H,11,12);4,6H,1-3H2,(H,7,8);2-3,6H,5H2,1H3,(H,7,8);2,5H,1,4H2,(H,6,7)/t9-;8-;4-;2-,3+;2-/m00010/s1. The van der Waals surface area contributed by atoms with Crippen molar-refractivity contribution >= 4 is 40.7 Å². The Balaban J connectivity index is 0.000000622. The summed E-state index contributed by atoms with van der Waals surface area (Å²) in [5, 5.41) is 61.9. The summed E-state index contributed by atoms with van der Waals surface area (Å²) in [5.74, 6) is -5.01. The molecule has 4 rings (SSSR count). The van der Waals surface area contributed by atoms with Gasteiger partial charge in [-0.05, 0) is 49.9 Å². The highest BCUT2D eigenvalue weighted by molar-refractivity contribution is 5.84. The molecule has 1 saturated heterocycles. The predicted octanol–water partition coefficient (Wildman–Crippen LogP) is -1.24. The Morgan fingerprint density at radius 3 is 1.66 bits per heavy atom. The number of carboxylic acid groups (broad SMARTS) is 5. The number of para-hydroxylation sites is 1. The van der Waals surface area contributed by atoms with Gasteiger partial charge in [-0.25, -0.2) is 0 Å². The molecule has 0 spiro atoms. The van der Waals surface area contributed by atoms with E-state index in [1.807, 2.05) is 60.8 Å². The molecule has 2 heterocycles. The molecule has 0 bridgehead atoms. The van der Waals surface area contributed by atoms with Gasteiger partial charge in [-0.2, -0.15) is 0 Å². The monoisotopic (exact) mass is 708 g/mol. The number of fused-ring (bicyclic) bond motifs is 1. The maximum absolute atomic E-state index is 10.6. The summed E-state index contributed by atoms with van der Waals surface area (Å²) >= 11 is 0. The largest absolute Gasteiger partial charge is 0.480 e. The average molecular weight is 709 g/mol. The van der Waals surface area contributed by atoms with E-state index in [-0.39, 0.29) is 6.04 Å². The van der Waals surface area contributed by atoms with Gasteiger partial charge in [0.05, 0.1) is 12.7 Å². The molecule has 2 aromatic carbocycles. The fraction of sp³-hybridized carbons (Fsp3) is 0.406. The number of aliphatic carboxylic acids is 5. The van der Waals surface area contributed by atoms with E-state index in [9.17, 15) is 24.0 Å². The van der Waals surface area contributed by atoms with Crippen molar-refractivity contribution in [2.45, 2.75) is 68.9 Å². The van der Waals surface area contributed by atoms with Crippen LogP contribution in [0.15, 0.2) is 60.8 Å². The molecule has 1 aliphatic rings. The van der Waals surface area contributed by atoms with E-state index in [4.69, 9.17) is 58.7 Å². The van der Waals surface area contributed by atoms with E-state index in [0.29, 0.717) is 12.8 Å². The molecule has 1 aromatic heterocycles. The van der Waals surface area contributed by atoms with Gasteiger partial charge in [0.15, 0.2) is 0 Å². The summed E-state index contributed by atoms with van der Waals surface area (Å²) in [6.45, 7) is 1.69. The van der Waals surface area contributed by atoms with Crippen molar-refractivity contribution in [1.82, 2.24) is 10.3 Å². The molecule has 0 saturated carbocycles. The van der Waals surface area contributed by atoms with Gasteiger partial charge in [0.25, 0.3) is 0 Å². The number of carbonyl (C=O) groups is 5. The molecule has 18 heteroatoms. The Morgan fingerprint density at radius 2 is 1.28 bits per heavy atom. The fourth-order valence-corrected chi connectivity index (χ4v) is 3.76. The Kier molecular flexibility index (Phi) is 21.8. The van der Waals surface area contributed by atoms with E-state index >= 15 is 0 Å². The molecule has 17 N–H and O–H groups in total. The van der Waals surface area contributed by atoms with E-state index in [1.54, 1.807) is 0 Å². The predicted molar refractivity (Wildman–Crippen MR) is 182 cm³/mol. The minimum Gasteiger partial charge on any atom is -0.480 e. The van der Waals surface area contributed by atoms with Gasteiger partial charge in [-0.1, -0.05) is 48.5 Å². The number of nitrogens with two attached hydrogens (primary N) is 4. The molecule has 0 aliphatic carbocycles. The van der Waals surface area contributed by atoms with Crippen LogP contribution in [0.3, 0.4) is 0 Å². The van der Waals surface area contributed by atoms with Crippen LogP contribution in [-0.2, 0) is 36.8 Å². The first-order valence-corrected chi connectivity index (χ1v) is 15.2. The quantitative estimate of drug-likeness (QED) is 0.111. The number of hydrogen-bond donors (Lipinski definition) is 13. The molecule has 0 amide bonds. The number of aliphatic hydroxyl groups excluding tert-OH is 2. The highest BCUT2D eigenvalue weighted by atomic mass is 16.4. The number of rotatable bonds is 11. The number of aromatic nitrogens is 1. The van der Waals surface area contributed by atoms with Crippen molar-refractivity contribution in [2.24, 2.45) is 22.9 Å². The normalized spacial score (nSPS) is 16.0. The summed E-state index contributed by atoms with van der Waals surface area (Å²) in [5.41, 5.74) is 23.4. The summed E-state index contributed by atoms with van der Waals surface area (Å²) in [6.07, 6.45) is 3.35. The number of hydrogen-bond acceptors (Lipinski definition) is 12. The van der Waals surface area contributed by atoms with Crippen molar-refractivity contribution in [3.8, 4) is 0 Å². The van der Waals surface area contributed by atoms with E-state index in [2.05, 4.69) is 10.3 Å². The second-order valence-corrected chi connectivity index (χ2v) is 10.9. The zero-order valence-corrected chi connectivity index (χ0v) is 27.5. The molecule has 1 aliphatic heterocycles. The first kappa shape index (κ1) is 45.0. The minimum absolute atomic E-state index is 0.269. The highest BCUT2D eigenvalue weighted by Crippen LogP contribution is 2.18. The van der Waals surface area contributed by atoms with E-state index < -0.39 is 66.7 Å². The molecular weight excluding hydrogens is 660 g/mol. The molecule has 0 unspecified atom stereocenters. The first-order valence-electron chi connectivity index (χ1n) is 15.2. The lowest BCUT2D eigenvalue weighted by Gasteiger charge is -2.06. The third-order valence-corrected chi connectivity index (χ3v) is 6.72. The third-order valence-electron chi connectivity index (χ3n) is 6.72. The zero-order valence-electron chi connectivity index (χ0n) is 27.5. The maximum Gasteiger partial charge on any atom is 0.323 e. The molecule has 1 fully saturated rings. The van der Waals surface area contributed by atoms with Crippen LogP contribution in [0, 0.1) is 0 Å². The molecule has 278 valence electrons. The van der Waals surface area contributed by atoms with Crippen molar-refractivity contribution in [3.05, 3.63) is 71.9 Å². The maximum atomic E-state index is 10.6. The van der Waals surface area contributed by atoms with E-state index in [1.165, 1.54) is 6.92 Å². The van der Waals surface area contributed by atoms with Crippen LogP contribution in [0.25, 0.3) is 10.9 Å². The van der Waals surface area contributed by atoms with Crippen LogP contribution < -0.4 is 28.3 Å². The van der Waals surface area contributed by atoms with Crippen LogP contribution >= 0.6 is 0 Å². The van der Waals surface area contributed by atoms with E-state index in [0.717, 1.165) is 41.4 Å². The lowest BCUT2D eigenvalue weighted by molar-refractivity contribution is -0.141. The molecule has 6 atom stereocenters. The van der Waals surface area contributed by atoms with Crippen LogP contribution in [-0.4, -0.2) is 120 Å². The number of carboxylic acids is 5. The first-order chi connectivity index (χ1) is 23.4. The Hall–Kier alpha value is -4.95. The van der Waals surface area contributed by atoms with Crippen molar-refractivity contribution in [1.29, 1.82) is 0 Å². The van der Waals surface area contributed by atoms with Gasteiger partial charge in [-0.3, -0.25) is 24.0 Å².